The molecule has 0 unspecified atom stereocenters. The first-order chi connectivity index (χ1) is 12.4. The summed E-state index contributed by atoms with van der Waals surface area (Å²) in [6, 6.07) is 9.57. The van der Waals surface area contributed by atoms with Crippen molar-refractivity contribution in [2.24, 2.45) is 0 Å². The molecule has 0 saturated heterocycles. The molecule has 0 saturated carbocycles. The van der Waals surface area contributed by atoms with Crippen molar-refractivity contribution in [3.05, 3.63) is 52.6 Å². The van der Waals surface area contributed by atoms with E-state index >= 15 is 0 Å². The minimum Gasteiger partial charge on any atom is -0.494 e. The van der Waals surface area contributed by atoms with Crippen LogP contribution in [-0.2, 0) is 27.8 Å². The van der Waals surface area contributed by atoms with Gasteiger partial charge in [0.15, 0.2) is 0 Å². The van der Waals surface area contributed by atoms with Gasteiger partial charge in [0, 0.05) is 11.8 Å². The lowest BCUT2D eigenvalue weighted by Crippen LogP contribution is -2.08. The Bertz CT molecular complexity index is 931. The third kappa shape index (κ3) is 4.14. The van der Waals surface area contributed by atoms with E-state index in [4.69, 9.17) is 9.47 Å². The van der Waals surface area contributed by atoms with E-state index in [1.165, 1.54) is 6.26 Å². The number of rotatable bonds is 6. The van der Waals surface area contributed by atoms with Gasteiger partial charge in [-0.05, 0) is 53.3 Å². The highest BCUT2D eigenvalue weighted by molar-refractivity contribution is 7.90. The van der Waals surface area contributed by atoms with E-state index in [9.17, 15) is 13.2 Å². The molecular weight excluding hydrogens is 352 g/mol. The first kappa shape index (κ1) is 18.6. The highest BCUT2D eigenvalue weighted by Gasteiger charge is 2.20. The molecule has 138 valence electrons. The Labute approximate surface area is 153 Å². The van der Waals surface area contributed by atoms with E-state index < -0.39 is 9.84 Å². The molecule has 1 heterocycles. The molecule has 5 nitrogen and oxygen atoms in total. The van der Waals surface area contributed by atoms with Gasteiger partial charge >= 0.3 is 0 Å². The van der Waals surface area contributed by atoms with Crippen molar-refractivity contribution in [3.8, 4) is 16.9 Å². The Balaban J connectivity index is 1.89. The van der Waals surface area contributed by atoms with Gasteiger partial charge in [0.1, 0.15) is 21.9 Å². The Morgan fingerprint density at radius 1 is 1.23 bits per heavy atom. The van der Waals surface area contributed by atoms with Crippen LogP contribution in [0.15, 0.2) is 30.3 Å². The SMILES string of the molecule is Cc1cc(OCCCS(C)(=O)=O)cc2c1-c1cccc(C=O)c1COC2. The fraction of sp³-hybridized carbons (Fsp3) is 0.350. The molecular formula is C20H22O5S. The van der Waals surface area contributed by atoms with Gasteiger partial charge in [0.2, 0.25) is 0 Å². The van der Waals surface area contributed by atoms with E-state index in [2.05, 4.69) is 0 Å². The average molecular weight is 374 g/mol. The second kappa shape index (κ2) is 7.60. The molecule has 0 radical (unpaired) electrons. The van der Waals surface area contributed by atoms with E-state index in [1.807, 2.05) is 31.2 Å². The zero-order chi connectivity index (χ0) is 18.7. The van der Waals surface area contributed by atoms with Crippen LogP contribution in [0.2, 0.25) is 0 Å². The van der Waals surface area contributed by atoms with Crippen LogP contribution in [-0.4, -0.2) is 33.3 Å². The quantitative estimate of drug-likeness (QED) is 0.573. The number of hydrogen-bond donors (Lipinski definition) is 0. The highest BCUT2D eigenvalue weighted by Crippen LogP contribution is 2.37. The van der Waals surface area contributed by atoms with Gasteiger partial charge in [-0.25, -0.2) is 8.42 Å². The van der Waals surface area contributed by atoms with Gasteiger partial charge in [0.25, 0.3) is 0 Å². The molecule has 3 rings (SSSR count). The number of sulfone groups is 1. The van der Waals surface area contributed by atoms with E-state index in [1.54, 1.807) is 6.07 Å². The van der Waals surface area contributed by atoms with Crippen LogP contribution < -0.4 is 4.74 Å². The number of ether oxygens (including phenoxy) is 2. The summed E-state index contributed by atoms with van der Waals surface area (Å²) < 4.78 is 33.9. The molecule has 0 spiro atoms. The van der Waals surface area contributed by atoms with Gasteiger partial charge in [-0.3, -0.25) is 4.79 Å². The standard InChI is InChI=1S/C20H22O5S/c1-14-9-17(25-7-4-8-26(2,22)23)10-16-12-24-13-19-15(11-21)5-3-6-18(19)20(14)16/h3,5-6,9-11H,4,7-8,12-13H2,1-2H3. The largest absolute Gasteiger partial charge is 0.494 e. The van der Waals surface area contributed by atoms with Crippen molar-refractivity contribution < 1.29 is 22.7 Å². The van der Waals surface area contributed by atoms with Crippen molar-refractivity contribution in [3.63, 3.8) is 0 Å². The molecule has 1 aliphatic rings. The molecule has 1 aliphatic heterocycles. The van der Waals surface area contributed by atoms with Crippen molar-refractivity contribution in [1.82, 2.24) is 0 Å². The van der Waals surface area contributed by atoms with Crippen molar-refractivity contribution in [2.45, 2.75) is 26.6 Å². The maximum absolute atomic E-state index is 11.3. The molecule has 0 atom stereocenters. The lowest BCUT2D eigenvalue weighted by atomic mass is 9.90. The van der Waals surface area contributed by atoms with Gasteiger partial charge in [-0.2, -0.15) is 0 Å². The molecule has 0 N–H and O–H groups in total. The zero-order valence-corrected chi connectivity index (χ0v) is 15.8. The van der Waals surface area contributed by atoms with E-state index in [0.29, 0.717) is 37.6 Å². The van der Waals surface area contributed by atoms with Crippen LogP contribution in [0.3, 0.4) is 0 Å². The Hall–Kier alpha value is -2.18. The highest BCUT2D eigenvalue weighted by atomic mass is 32.2. The lowest BCUT2D eigenvalue weighted by molar-refractivity contribution is 0.105. The normalized spacial score (nSPS) is 13.5. The molecule has 0 aromatic heterocycles. The zero-order valence-electron chi connectivity index (χ0n) is 14.9. The molecule has 0 amide bonds. The number of carbonyl (C=O) groups is 1. The predicted molar refractivity (Wildman–Crippen MR) is 100 cm³/mol. The monoisotopic (exact) mass is 374 g/mol. The molecule has 0 fully saturated rings. The van der Waals surface area contributed by atoms with Crippen LogP contribution in [0.1, 0.15) is 33.5 Å². The molecule has 6 heteroatoms. The number of aldehydes is 1. The fourth-order valence-electron chi connectivity index (χ4n) is 3.29. The second-order valence-electron chi connectivity index (χ2n) is 6.59. The smallest absolute Gasteiger partial charge is 0.150 e. The Morgan fingerprint density at radius 3 is 2.77 bits per heavy atom. The number of fused-ring (bicyclic) bond motifs is 3. The molecule has 2 aromatic rings. The van der Waals surface area contributed by atoms with Gasteiger partial charge in [0.05, 0.1) is 25.6 Å². The third-order valence-corrected chi connectivity index (χ3v) is 5.46. The summed E-state index contributed by atoms with van der Waals surface area (Å²) >= 11 is 0. The Morgan fingerprint density at radius 2 is 2.04 bits per heavy atom. The van der Waals surface area contributed by atoms with E-state index in [0.717, 1.165) is 34.1 Å². The van der Waals surface area contributed by atoms with Crippen LogP contribution >= 0.6 is 0 Å². The summed E-state index contributed by atoms with van der Waals surface area (Å²) in [5.41, 5.74) is 5.69. The summed E-state index contributed by atoms with van der Waals surface area (Å²) in [5, 5.41) is 0. The predicted octanol–water partition coefficient (Wildman–Crippen LogP) is 3.32. The van der Waals surface area contributed by atoms with Gasteiger partial charge in [-0.1, -0.05) is 18.2 Å². The minimum atomic E-state index is -2.97. The van der Waals surface area contributed by atoms with Crippen molar-refractivity contribution >= 4 is 16.1 Å². The maximum Gasteiger partial charge on any atom is 0.150 e. The number of carbonyl (C=O) groups excluding carboxylic acids is 1. The Kier molecular flexibility index (Phi) is 5.44. The maximum atomic E-state index is 11.3. The van der Waals surface area contributed by atoms with Crippen LogP contribution in [0.4, 0.5) is 0 Å². The first-order valence-corrected chi connectivity index (χ1v) is 10.5. The minimum absolute atomic E-state index is 0.113. The fourth-order valence-corrected chi connectivity index (χ4v) is 3.93. The second-order valence-corrected chi connectivity index (χ2v) is 8.85. The summed E-state index contributed by atoms with van der Waals surface area (Å²) in [5.74, 6) is 0.815. The van der Waals surface area contributed by atoms with Crippen LogP contribution in [0.25, 0.3) is 11.1 Å². The third-order valence-electron chi connectivity index (χ3n) is 4.43. The lowest BCUT2D eigenvalue weighted by Gasteiger charge is -2.15. The number of aryl methyl sites for hydroxylation is 1. The van der Waals surface area contributed by atoms with Gasteiger partial charge in [-0.15, -0.1) is 0 Å². The molecule has 0 aliphatic carbocycles. The summed E-state index contributed by atoms with van der Waals surface area (Å²) in [7, 11) is -2.97. The van der Waals surface area contributed by atoms with E-state index in [-0.39, 0.29) is 5.75 Å². The average Bonchev–Trinajstić information content (AvgIpc) is 2.77. The summed E-state index contributed by atoms with van der Waals surface area (Å²) in [4.78, 5) is 11.3. The van der Waals surface area contributed by atoms with Crippen LogP contribution in [0.5, 0.6) is 5.75 Å². The summed E-state index contributed by atoms with van der Waals surface area (Å²) in [6.07, 6.45) is 2.54. The summed E-state index contributed by atoms with van der Waals surface area (Å²) in [6.45, 7) is 3.18. The topological polar surface area (TPSA) is 69.7 Å². The molecule has 26 heavy (non-hydrogen) atoms. The molecule has 2 aromatic carbocycles. The number of benzene rings is 2. The first-order valence-electron chi connectivity index (χ1n) is 8.48. The number of hydrogen-bond acceptors (Lipinski definition) is 5. The van der Waals surface area contributed by atoms with Crippen molar-refractivity contribution in [2.75, 3.05) is 18.6 Å². The molecule has 0 bridgehead atoms. The van der Waals surface area contributed by atoms with Gasteiger partial charge < -0.3 is 9.47 Å². The van der Waals surface area contributed by atoms with Crippen molar-refractivity contribution in [1.29, 1.82) is 0 Å². The van der Waals surface area contributed by atoms with Crippen LogP contribution in [0, 0.1) is 6.92 Å².